The molecular formula is C18H14IN5OS. The van der Waals surface area contributed by atoms with E-state index in [0.717, 1.165) is 37.0 Å². The van der Waals surface area contributed by atoms with Gasteiger partial charge in [0.05, 0.1) is 0 Å². The summed E-state index contributed by atoms with van der Waals surface area (Å²) < 4.78 is 2.81. The molecule has 26 heavy (non-hydrogen) atoms. The summed E-state index contributed by atoms with van der Waals surface area (Å²) in [6.45, 7) is 2.03. The molecule has 0 fully saturated rings. The summed E-state index contributed by atoms with van der Waals surface area (Å²) in [5.41, 5.74) is 2.37. The molecule has 0 radical (unpaired) electrons. The molecule has 0 aliphatic carbocycles. The monoisotopic (exact) mass is 475 g/mol. The van der Waals surface area contributed by atoms with Gasteiger partial charge in [0.1, 0.15) is 5.01 Å². The summed E-state index contributed by atoms with van der Waals surface area (Å²) in [6.07, 6.45) is 0.785. The van der Waals surface area contributed by atoms with Gasteiger partial charge in [-0.05, 0) is 65.1 Å². The summed E-state index contributed by atoms with van der Waals surface area (Å²) in [5, 5.41) is 16.6. The fraction of sp³-hybridized carbons (Fsp3) is 0.111. The van der Waals surface area contributed by atoms with Crippen LogP contribution >= 0.6 is 33.9 Å². The Morgan fingerprint density at radius 1 is 1.19 bits per heavy atom. The van der Waals surface area contributed by atoms with Gasteiger partial charge in [-0.15, -0.1) is 10.2 Å². The standard InChI is InChI=1S/C18H14IN5OS/c1-2-15-21-22-18-24(15)23-17(26-18)11-6-8-14(9-7-11)20-16(25)12-4-3-5-13(19)10-12/h3-10H,2H2,1H3,(H,20,25). The zero-order valence-electron chi connectivity index (χ0n) is 13.8. The Labute approximate surface area is 167 Å². The Balaban J connectivity index is 1.54. The first-order valence-electron chi connectivity index (χ1n) is 8.02. The molecule has 6 nitrogen and oxygen atoms in total. The highest BCUT2D eigenvalue weighted by molar-refractivity contribution is 14.1. The minimum absolute atomic E-state index is 0.123. The summed E-state index contributed by atoms with van der Waals surface area (Å²) in [5.74, 6) is 0.728. The molecule has 0 atom stereocenters. The minimum atomic E-state index is -0.123. The van der Waals surface area contributed by atoms with Crippen molar-refractivity contribution in [2.45, 2.75) is 13.3 Å². The molecule has 0 spiro atoms. The van der Waals surface area contributed by atoms with Crippen LogP contribution < -0.4 is 5.32 Å². The number of nitrogens with one attached hydrogen (secondary N) is 1. The molecule has 0 saturated carbocycles. The van der Waals surface area contributed by atoms with Crippen LogP contribution in [0.1, 0.15) is 23.1 Å². The molecule has 0 aliphatic heterocycles. The van der Waals surface area contributed by atoms with Crippen LogP contribution in [0, 0.1) is 3.57 Å². The van der Waals surface area contributed by atoms with Crippen molar-refractivity contribution in [2.24, 2.45) is 0 Å². The van der Waals surface area contributed by atoms with E-state index in [9.17, 15) is 4.79 Å². The van der Waals surface area contributed by atoms with E-state index in [1.54, 1.807) is 10.6 Å². The smallest absolute Gasteiger partial charge is 0.255 e. The predicted octanol–water partition coefficient (Wildman–Crippen LogP) is 4.27. The Bertz CT molecular complexity index is 1090. The van der Waals surface area contributed by atoms with E-state index >= 15 is 0 Å². The second-order valence-corrected chi connectivity index (χ2v) is 7.81. The van der Waals surface area contributed by atoms with Crippen LogP contribution in [-0.4, -0.2) is 25.7 Å². The largest absolute Gasteiger partial charge is 0.322 e. The third-order valence-electron chi connectivity index (χ3n) is 3.85. The highest BCUT2D eigenvalue weighted by atomic mass is 127. The van der Waals surface area contributed by atoms with Crippen molar-refractivity contribution >= 4 is 50.5 Å². The average molecular weight is 475 g/mol. The molecule has 0 bridgehead atoms. The van der Waals surface area contributed by atoms with Crippen molar-refractivity contribution in [1.29, 1.82) is 0 Å². The lowest BCUT2D eigenvalue weighted by atomic mass is 10.2. The number of rotatable bonds is 4. The number of aryl methyl sites for hydroxylation is 1. The first-order valence-corrected chi connectivity index (χ1v) is 9.92. The molecule has 1 amide bonds. The van der Waals surface area contributed by atoms with Crippen LogP contribution in [0.5, 0.6) is 0 Å². The SMILES string of the molecule is CCc1nnc2sc(-c3ccc(NC(=O)c4cccc(I)c4)cc3)nn12. The number of nitrogens with zero attached hydrogens (tertiary/aromatic N) is 4. The Morgan fingerprint density at radius 2 is 2.00 bits per heavy atom. The van der Waals surface area contributed by atoms with Gasteiger partial charge >= 0.3 is 0 Å². The van der Waals surface area contributed by atoms with Crippen LogP contribution in [0.25, 0.3) is 15.5 Å². The summed E-state index contributed by atoms with van der Waals surface area (Å²) in [7, 11) is 0. The van der Waals surface area contributed by atoms with Crippen molar-refractivity contribution in [1.82, 2.24) is 19.8 Å². The number of benzene rings is 2. The normalized spacial score (nSPS) is 11.0. The molecular weight excluding hydrogens is 461 g/mol. The Hall–Kier alpha value is -2.33. The predicted molar refractivity (Wildman–Crippen MR) is 111 cm³/mol. The van der Waals surface area contributed by atoms with Gasteiger partial charge in [-0.1, -0.05) is 24.3 Å². The van der Waals surface area contributed by atoms with Gasteiger partial charge in [0.15, 0.2) is 5.82 Å². The quantitative estimate of drug-likeness (QED) is 0.448. The highest BCUT2D eigenvalue weighted by Crippen LogP contribution is 2.26. The number of fused-ring (bicyclic) bond motifs is 1. The van der Waals surface area contributed by atoms with Gasteiger partial charge in [0.2, 0.25) is 4.96 Å². The van der Waals surface area contributed by atoms with Crippen molar-refractivity contribution in [3.8, 4) is 10.6 Å². The fourth-order valence-electron chi connectivity index (χ4n) is 2.52. The van der Waals surface area contributed by atoms with Gasteiger partial charge in [-0.25, -0.2) is 0 Å². The van der Waals surface area contributed by atoms with Gasteiger partial charge in [0, 0.05) is 26.8 Å². The van der Waals surface area contributed by atoms with E-state index in [-0.39, 0.29) is 5.91 Å². The minimum Gasteiger partial charge on any atom is -0.322 e. The average Bonchev–Trinajstić information content (AvgIpc) is 3.23. The van der Waals surface area contributed by atoms with Crippen LogP contribution in [0.4, 0.5) is 5.69 Å². The lowest BCUT2D eigenvalue weighted by molar-refractivity contribution is 0.102. The molecule has 0 unspecified atom stereocenters. The van der Waals surface area contributed by atoms with Gasteiger partial charge in [-0.3, -0.25) is 4.79 Å². The first-order chi connectivity index (χ1) is 12.6. The van der Waals surface area contributed by atoms with Crippen molar-refractivity contribution in [2.75, 3.05) is 5.32 Å². The van der Waals surface area contributed by atoms with E-state index < -0.39 is 0 Å². The van der Waals surface area contributed by atoms with Crippen LogP contribution in [0.15, 0.2) is 48.5 Å². The topological polar surface area (TPSA) is 72.2 Å². The third kappa shape index (κ3) is 3.34. The molecule has 2 aromatic carbocycles. The number of hydrogen-bond donors (Lipinski definition) is 1. The lowest BCUT2D eigenvalue weighted by Crippen LogP contribution is -2.11. The van der Waals surface area contributed by atoms with Crippen LogP contribution in [-0.2, 0) is 6.42 Å². The van der Waals surface area contributed by atoms with Gasteiger partial charge in [0.25, 0.3) is 5.91 Å². The van der Waals surface area contributed by atoms with E-state index in [0.29, 0.717) is 5.56 Å². The summed E-state index contributed by atoms with van der Waals surface area (Å²) in [4.78, 5) is 13.1. The third-order valence-corrected chi connectivity index (χ3v) is 5.47. The zero-order chi connectivity index (χ0) is 18.1. The second kappa shape index (κ2) is 7.12. The molecule has 4 aromatic rings. The molecule has 2 aromatic heterocycles. The van der Waals surface area contributed by atoms with Gasteiger partial charge < -0.3 is 5.32 Å². The van der Waals surface area contributed by atoms with Crippen molar-refractivity contribution < 1.29 is 4.79 Å². The second-order valence-electron chi connectivity index (χ2n) is 5.61. The molecule has 2 heterocycles. The maximum Gasteiger partial charge on any atom is 0.255 e. The lowest BCUT2D eigenvalue weighted by Gasteiger charge is -2.06. The Morgan fingerprint density at radius 3 is 2.73 bits per heavy atom. The molecule has 0 saturated heterocycles. The number of anilines is 1. The van der Waals surface area contributed by atoms with Crippen LogP contribution in [0.2, 0.25) is 0 Å². The number of amides is 1. The van der Waals surface area contributed by atoms with E-state index in [1.165, 1.54) is 11.3 Å². The number of hydrogen-bond acceptors (Lipinski definition) is 5. The molecule has 0 aliphatic rings. The first kappa shape index (κ1) is 17.1. The van der Waals surface area contributed by atoms with Crippen molar-refractivity contribution in [3.63, 3.8) is 0 Å². The van der Waals surface area contributed by atoms with E-state index in [2.05, 4.69) is 43.2 Å². The molecule has 8 heteroatoms. The van der Waals surface area contributed by atoms with Crippen LogP contribution in [0.3, 0.4) is 0 Å². The highest BCUT2D eigenvalue weighted by Gasteiger charge is 2.12. The number of carbonyl (C=O) groups is 1. The Kier molecular flexibility index (Phi) is 4.68. The van der Waals surface area contributed by atoms with E-state index in [1.807, 2.05) is 49.4 Å². The fourth-order valence-corrected chi connectivity index (χ4v) is 3.93. The molecule has 130 valence electrons. The number of carbonyl (C=O) groups excluding carboxylic acids is 1. The maximum absolute atomic E-state index is 12.3. The molecule has 1 N–H and O–H groups in total. The van der Waals surface area contributed by atoms with E-state index in [4.69, 9.17) is 0 Å². The zero-order valence-corrected chi connectivity index (χ0v) is 16.8. The van der Waals surface area contributed by atoms with Crippen molar-refractivity contribution in [3.05, 3.63) is 63.5 Å². The number of halogens is 1. The maximum atomic E-state index is 12.3. The molecule has 4 rings (SSSR count). The summed E-state index contributed by atoms with van der Waals surface area (Å²) in [6, 6.07) is 15.1. The summed E-state index contributed by atoms with van der Waals surface area (Å²) >= 11 is 3.69. The van der Waals surface area contributed by atoms with Gasteiger partial charge in [-0.2, -0.15) is 9.61 Å². The number of aromatic nitrogens is 4.